The van der Waals surface area contributed by atoms with Crippen molar-refractivity contribution in [2.24, 2.45) is 0 Å². The third-order valence-corrected chi connectivity index (χ3v) is 0.543. The van der Waals surface area contributed by atoms with Crippen LogP contribution in [0.2, 0.25) is 0 Å². The number of nitro groups is 1. The molecule has 1 aromatic heterocycles. The molecule has 0 aliphatic heterocycles. The van der Waals surface area contributed by atoms with Crippen LogP contribution in [0.25, 0.3) is 0 Å². The number of nitrogens with zero attached hydrogens (tertiary/aromatic N) is 4. The Bertz CT molecular complexity index is 196. The molecule has 0 amide bonds. The van der Waals surface area contributed by atoms with Crippen molar-refractivity contribution in [2.75, 3.05) is 5.43 Å². The van der Waals surface area contributed by atoms with Gasteiger partial charge in [0, 0.05) is 22.4 Å². The van der Waals surface area contributed by atoms with Crippen LogP contribution in [0.3, 0.4) is 0 Å². The van der Waals surface area contributed by atoms with Gasteiger partial charge in [0.2, 0.25) is 0 Å². The van der Waals surface area contributed by atoms with Crippen LogP contribution in [-0.4, -0.2) is 25.7 Å². The van der Waals surface area contributed by atoms with E-state index in [9.17, 15) is 10.1 Å². The number of rotatable bonds is 2. The Hall–Kier alpha value is -0.990. The van der Waals surface area contributed by atoms with E-state index >= 15 is 0 Å². The van der Waals surface area contributed by atoms with Crippen molar-refractivity contribution in [3.8, 4) is 0 Å². The van der Waals surface area contributed by atoms with Crippen LogP contribution in [0.5, 0.6) is 0 Å². The summed E-state index contributed by atoms with van der Waals surface area (Å²) in [5.74, 6) is -0.0833. The topological polar surface area (TPSA) is 110 Å². The second-order valence-electron chi connectivity index (χ2n) is 1.12. The Morgan fingerprint density at radius 2 is 2.40 bits per heavy atom. The number of aromatic nitrogens is 4. The van der Waals surface area contributed by atoms with Gasteiger partial charge in [0.15, 0.2) is 5.03 Å². The molecule has 10 heavy (non-hydrogen) atoms. The predicted octanol–water partition coefficient (Wildman–Crippen LogP) is -1.20. The van der Waals surface area contributed by atoms with Crippen molar-refractivity contribution >= 4 is 5.95 Å². The smallest absolute Gasteiger partial charge is 0.234 e. The van der Waals surface area contributed by atoms with Crippen LogP contribution in [-0.2, 0) is 22.4 Å². The van der Waals surface area contributed by atoms with Crippen LogP contribution in [0.15, 0.2) is 0 Å². The molecule has 2 N–H and O–H groups in total. The zero-order chi connectivity index (χ0) is 6.69. The molecule has 1 radical (unpaired) electrons. The van der Waals surface area contributed by atoms with Gasteiger partial charge >= 0.3 is 5.95 Å². The molecule has 0 atom stereocenters. The van der Waals surface area contributed by atoms with Gasteiger partial charge in [-0.25, -0.2) is 15.2 Å². The zero-order valence-corrected chi connectivity index (χ0v) is 5.89. The molecule has 0 aromatic carbocycles. The van der Waals surface area contributed by atoms with Gasteiger partial charge < -0.3 is 0 Å². The summed E-state index contributed by atoms with van der Waals surface area (Å²) in [6, 6.07) is 0. The Morgan fingerprint density at radius 1 is 1.70 bits per heavy atom. The number of hydrogen-bond donors (Lipinski definition) is 2. The minimum absolute atomic E-state index is 0. The molecule has 1 aromatic rings. The molecule has 0 spiro atoms. The van der Waals surface area contributed by atoms with Crippen molar-refractivity contribution in [3.05, 3.63) is 10.1 Å². The van der Waals surface area contributed by atoms with Gasteiger partial charge in [-0.1, -0.05) is 10.5 Å². The number of H-pyrrole nitrogens is 1. The molecule has 0 fully saturated rings. The van der Waals surface area contributed by atoms with E-state index in [1.54, 1.807) is 5.43 Å². The number of tetrazole rings is 1. The summed E-state index contributed by atoms with van der Waals surface area (Å²) in [7, 11) is 0. The quantitative estimate of drug-likeness (QED) is 0.380. The first kappa shape index (κ1) is 9.01. The van der Waals surface area contributed by atoms with Crippen molar-refractivity contribution < 1.29 is 27.4 Å². The summed E-state index contributed by atoms with van der Waals surface area (Å²) in [4.78, 5) is 9.65. The SMILES string of the molecule is O=[N+]([O-])Nc1nnn[nH]1.[Ag]. The van der Waals surface area contributed by atoms with Crippen molar-refractivity contribution in [1.82, 2.24) is 20.6 Å². The van der Waals surface area contributed by atoms with Crippen molar-refractivity contribution in [2.45, 2.75) is 0 Å². The van der Waals surface area contributed by atoms with E-state index < -0.39 is 5.03 Å². The molecule has 1 rings (SSSR count). The van der Waals surface area contributed by atoms with E-state index in [4.69, 9.17) is 0 Å². The van der Waals surface area contributed by atoms with E-state index in [2.05, 4.69) is 20.6 Å². The summed E-state index contributed by atoms with van der Waals surface area (Å²) in [6.07, 6.45) is 0. The minimum atomic E-state index is -0.762. The third kappa shape index (κ3) is 2.53. The Morgan fingerprint density at radius 3 is 2.80 bits per heavy atom. The molecule has 59 valence electrons. The predicted molar refractivity (Wildman–Crippen MR) is 24.8 cm³/mol. The first-order chi connectivity index (χ1) is 4.29. The van der Waals surface area contributed by atoms with Gasteiger partial charge in [-0.2, -0.15) is 0 Å². The largest absolute Gasteiger partial charge is 0.301 e. The molecule has 8 nitrogen and oxygen atoms in total. The van der Waals surface area contributed by atoms with Gasteiger partial charge in [0.25, 0.3) is 0 Å². The van der Waals surface area contributed by atoms with Gasteiger partial charge in [-0.05, 0) is 10.4 Å². The molecule has 0 aliphatic rings. The van der Waals surface area contributed by atoms with Crippen molar-refractivity contribution in [1.29, 1.82) is 0 Å². The monoisotopic (exact) mass is 237 g/mol. The zero-order valence-electron chi connectivity index (χ0n) is 4.41. The normalized spacial score (nSPS) is 8.00. The molecule has 0 bridgehead atoms. The maximum absolute atomic E-state index is 9.65. The van der Waals surface area contributed by atoms with Gasteiger partial charge in [0.05, 0.1) is 0 Å². The average Bonchev–Trinajstić information content (AvgIpc) is 2.15. The standard InChI is InChI=1S/CH2N6O2.Ag/c8-7(9)4-1-2-5-6-3-1;/h(H2,2,3,4,5,6);. The molecule has 0 saturated heterocycles. The van der Waals surface area contributed by atoms with E-state index in [1.807, 2.05) is 0 Å². The fourth-order valence-electron chi connectivity index (χ4n) is 0.293. The third-order valence-electron chi connectivity index (χ3n) is 0.543. The maximum Gasteiger partial charge on any atom is 0.301 e. The molecular formula is CH2AgN6O2. The summed E-state index contributed by atoms with van der Waals surface area (Å²) in [6.45, 7) is 0. The van der Waals surface area contributed by atoms with E-state index in [1.165, 1.54) is 0 Å². The van der Waals surface area contributed by atoms with Gasteiger partial charge in [-0.3, -0.25) is 0 Å². The Labute approximate surface area is 70.0 Å². The second kappa shape index (κ2) is 3.93. The van der Waals surface area contributed by atoms with Gasteiger partial charge in [0.1, 0.15) is 0 Å². The summed E-state index contributed by atoms with van der Waals surface area (Å²) in [5, 5.41) is 20.4. The minimum Gasteiger partial charge on any atom is -0.234 e. The van der Waals surface area contributed by atoms with Crippen LogP contribution in [0, 0.1) is 10.1 Å². The van der Waals surface area contributed by atoms with E-state index in [-0.39, 0.29) is 28.3 Å². The Balaban J connectivity index is 0.000000810. The molecule has 1 heterocycles. The fourth-order valence-corrected chi connectivity index (χ4v) is 0.293. The first-order valence-corrected chi connectivity index (χ1v) is 1.94. The maximum atomic E-state index is 9.65. The summed E-state index contributed by atoms with van der Waals surface area (Å²) >= 11 is 0. The average molecular weight is 238 g/mol. The molecule has 0 unspecified atom stereocenters. The Kier molecular flexibility index (Phi) is 3.54. The van der Waals surface area contributed by atoms with E-state index in [0.29, 0.717) is 0 Å². The van der Waals surface area contributed by atoms with Crippen LogP contribution < -0.4 is 5.43 Å². The fraction of sp³-hybridized carbons (Fsp3) is 0. The molecule has 0 aliphatic carbocycles. The number of anilines is 1. The number of hydrogen-bond acceptors (Lipinski definition) is 5. The number of aromatic amines is 1. The van der Waals surface area contributed by atoms with Gasteiger partial charge in [-0.15, -0.1) is 0 Å². The summed E-state index contributed by atoms with van der Waals surface area (Å²) < 4.78 is 0. The van der Waals surface area contributed by atoms with E-state index in [0.717, 1.165) is 0 Å². The molecule has 9 heteroatoms. The van der Waals surface area contributed by atoms with Crippen molar-refractivity contribution in [3.63, 3.8) is 0 Å². The summed E-state index contributed by atoms with van der Waals surface area (Å²) in [5.41, 5.74) is 1.72. The van der Waals surface area contributed by atoms with Crippen LogP contribution in [0.4, 0.5) is 5.95 Å². The van der Waals surface area contributed by atoms with Crippen LogP contribution >= 0.6 is 0 Å². The molecular weight excluding hydrogens is 236 g/mol. The van der Waals surface area contributed by atoms with Crippen LogP contribution in [0.1, 0.15) is 0 Å². The second-order valence-corrected chi connectivity index (χ2v) is 1.12. The number of hydrazine groups is 1. The molecule has 0 saturated carbocycles. The first-order valence-electron chi connectivity index (χ1n) is 1.94. The number of nitrogens with one attached hydrogen (secondary N) is 2.